The van der Waals surface area contributed by atoms with Crippen molar-refractivity contribution in [3.63, 3.8) is 0 Å². The van der Waals surface area contributed by atoms with Crippen molar-refractivity contribution < 1.29 is 14.3 Å². The summed E-state index contributed by atoms with van der Waals surface area (Å²) in [5.41, 5.74) is 1.14. The van der Waals surface area contributed by atoms with E-state index in [1.54, 1.807) is 0 Å². The Balaban J connectivity index is 1.58. The molecule has 0 spiro atoms. The average Bonchev–Trinajstić information content (AvgIpc) is 2.53. The van der Waals surface area contributed by atoms with Crippen molar-refractivity contribution >= 4 is 5.91 Å². The van der Waals surface area contributed by atoms with E-state index in [9.17, 15) is 4.79 Å². The summed E-state index contributed by atoms with van der Waals surface area (Å²) in [6.07, 6.45) is 4.85. The molecule has 0 radical (unpaired) electrons. The molecule has 1 unspecified atom stereocenters. The average molecular weight is 289 g/mol. The maximum atomic E-state index is 12.3. The molecule has 2 aliphatic heterocycles. The number of fused-ring (bicyclic) bond motifs is 1. The molecule has 1 amide bonds. The van der Waals surface area contributed by atoms with E-state index < -0.39 is 0 Å². The minimum atomic E-state index is 0.275. The molecule has 4 nitrogen and oxygen atoms in total. The van der Waals surface area contributed by atoms with Gasteiger partial charge in [0.15, 0.2) is 11.5 Å². The Labute approximate surface area is 126 Å². The van der Waals surface area contributed by atoms with Gasteiger partial charge in [-0.1, -0.05) is 6.07 Å². The van der Waals surface area contributed by atoms with Crippen LogP contribution in [0.3, 0.4) is 0 Å². The zero-order valence-electron chi connectivity index (χ0n) is 12.6. The molecule has 0 saturated carbocycles. The highest BCUT2D eigenvalue weighted by Gasteiger charge is 2.22. The van der Waals surface area contributed by atoms with E-state index >= 15 is 0 Å². The van der Waals surface area contributed by atoms with Gasteiger partial charge in [-0.05, 0) is 50.3 Å². The molecule has 2 heterocycles. The summed E-state index contributed by atoms with van der Waals surface area (Å²) in [5.74, 6) is 1.88. The van der Waals surface area contributed by atoms with Gasteiger partial charge in [0.1, 0.15) is 13.2 Å². The summed E-state index contributed by atoms with van der Waals surface area (Å²) in [6.45, 7) is 4.28. The highest BCUT2D eigenvalue weighted by Crippen LogP contribution is 2.31. The first-order valence-corrected chi connectivity index (χ1v) is 7.92. The van der Waals surface area contributed by atoms with Gasteiger partial charge in [-0.15, -0.1) is 0 Å². The zero-order chi connectivity index (χ0) is 14.7. The fourth-order valence-electron chi connectivity index (χ4n) is 3.11. The van der Waals surface area contributed by atoms with Crippen LogP contribution in [0.4, 0.5) is 0 Å². The quantitative estimate of drug-likeness (QED) is 0.859. The molecule has 21 heavy (non-hydrogen) atoms. The maximum Gasteiger partial charge on any atom is 0.223 e. The normalized spacial score (nSPS) is 21.2. The Morgan fingerprint density at radius 3 is 2.86 bits per heavy atom. The van der Waals surface area contributed by atoms with Crippen molar-refractivity contribution in [2.24, 2.45) is 0 Å². The fourth-order valence-corrected chi connectivity index (χ4v) is 3.11. The molecule has 4 heteroatoms. The van der Waals surface area contributed by atoms with Gasteiger partial charge in [0.25, 0.3) is 0 Å². The molecule has 1 atom stereocenters. The van der Waals surface area contributed by atoms with Crippen molar-refractivity contribution in [2.45, 2.75) is 45.1 Å². The Kier molecular flexibility index (Phi) is 4.32. The number of piperidine rings is 1. The molecule has 0 N–H and O–H groups in total. The van der Waals surface area contributed by atoms with Crippen LogP contribution in [0.25, 0.3) is 0 Å². The van der Waals surface area contributed by atoms with Gasteiger partial charge in [0.2, 0.25) is 5.91 Å². The number of hydrogen-bond donors (Lipinski definition) is 0. The minimum Gasteiger partial charge on any atom is -0.486 e. The van der Waals surface area contributed by atoms with Crippen LogP contribution in [-0.4, -0.2) is 36.6 Å². The fraction of sp³-hybridized carbons (Fsp3) is 0.588. The zero-order valence-corrected chi connectivity index (χ0v) is 12.6. The molecule has 2 aliphatic rings. The lowest BCUT2D eigenvalue weighted by Gasteiger charge is -2.33. The van der Waals surface area contributed by atoms with Crippen LogP contribution in [-0.2, 0) is 11.2 Å². The van der Waals surface area contributed by atoms with E-state index in [4.69, 9.17) is 9.47 Å². The molecule has 1 aromatic rings. The van der Waals surface area contributed by atoms with Gasteiger partial charge in [0, 0.05) is 19.0 Å². The second-order valence-corrected chi connectivity index (χ2v) is 5.91. The molecule has 3 rings (SSSR count). The van der Waals surface area contributed by atoms with Gasteiger partial charge in [-0.2, -0.15) is 0 Å². The molecule has 1 aromatic carbocycles. The summed E-state index contributed by atoms with van der Waals surface area (Å²) >= 11 is 0. The first-order chi connectivity index (χ1) is 10.2. The first kappa shape index (κ1) is 14.2. The first-order valence-electron chi connectivity index (χ1n) is 7.92. The van der Waals surface area contributed by atoms with Gasteiger partial charge < -0.3 is 14.4 Å². The van der Waals surface area contributed by atoms with E-state index in [1.165, 1.54) is 6.42 Å². The second kappa shape index (κ2) is 6.37. The van der Waals surface area contributed by atoms with Crippen LogP contribution in [0.5, 0.6) is 11.5 Å². The predicted molar refractivity (Wildman–Crippen MR) is 80.8 cm³/mol. The Morgan fingerprint density at radius 2 is 2.05 bits per heavy atom. The van der Waals surface area contributed by atoms with Gasteiger partial charge >= 0.3 is 0 Å². The number of nitrogens with zero attached hydrogens (tertiary/aromatic N) is 1. The third-order valence-electron chi connectivity index (χ3n) is 4.36. The second-order valence-electron chi connectivity index (χ2n) is 5.91. The maximum absolute atomic E-state index is 12.3. The molecular formula is C17H23NO3. The number of carbonyl (C=O) groups excluding carboxylic acids is 1. The topological polar surface area (TPSA) is 38.8 Å². The highest BCUT2D eigenvalue weighted by atomic mass is 16.6. The van der Waals surface area contributed by atoms with Gasteiger partial charge in [-0.3, -0.25) is 4.79 Å². The van der Waals surface area contributed by atoms with Gasteiger partial charge in [0.05, 0.1) is 0 Å². The van der Waals surface area contributed by atoms with E-state index in [0.29, 0.717) is 25.7 Å². The molecule has 1 fully saturated rings. The molecule has 1 saturated heterocycles. The Bertz CT molecular complexity index is 515. The van der Waals surface area contributed by atoms with Crippen molar-refractivity contribution in [3.05, 3.63) is 23.8 Å². The molecular weight excluding hydrogens is 266 g/mol. The molecule has 0 bridgehead atoms. The van der Waals surface area contributed by atoms with Crippen LogP contribution in [0.15, 0.2) is 18.2 Å². The number of hydrogen-bond acceptors (Lipinski definition) is 3. The Morgan fingerprint density at radius 1 is 1.24 bits per heavy atom. The number of rotatable bonds is 3. The lowest BCUT2D eigenvalue weighted by molar-refractivity contribution is -0.134. The van der Waals surface area contributed by atoms with Crippen LogP contribution in [0.2, 0.25) is 0 Å². The third-order valence-corrected chi connectivity index (χ3v) is 4.36. The molecule has 0 aromatic heterocycles. The summed E-state index contributed by atoms with van der Waals surface area (Å²) < 4.78 is 11.1. The van der Waals surface area contributed by atoms with Gasteiger partial charge in [-0.25, -0.2) is 0 Å². The standard InChI is InChI=1S/C17H23NO3/c1-13-4-2-3-9-18(13)17(19)8-6-14-5-7-15-16(12-14)21-11-10-20-15/h5,7,12-13H,2-4,6,8-11H2,1H3. The number of carbonyl (C=O) groups is 1. The monoisotopic (exact) mass is 289 g/mol. The number of aryl methyl sites for hydroxylation is 1. The number of ether oxygens (including phenoxy) is 2. The van der Waals surface area contributed by atoms with Crippen molar-refractivity contribution in [2.75, 3.05) is 19.8 Å². The van der Waals surface area contributed by atoms with E-state index in [-0.39, 0.29) is 5.91 Å². The summed E-state index contributed by atoms with van der Waals surface area (Å²) in [4.78, 5) is 14.4. The molecule has 0 aliphatic carbocycles. The summed E-state index contributed by atoms with van der Waals surface area (Å²) in [5, 5.41) is 0. The summed E-state index contributed by atoms with van der Waals surface area (Å²) in [7, 11) is 0. The number of likely N-dealkylation sites (tertiary alicyclic amines) is 1. The van der Waals surface area contributed by atoms with Crippen LogP contribution in [0.1, 0.15) is 38.2 Å². The summed E-state index contributed by atoms with van der Waals surface area (Å²) in [6, 6.07) is 6.37. The van der Waals surface area contributed by atoms with Crippen LogP contribution >= 0.6 is 0 Å². The minimum absolute atomic E-state index is 0.275. The molecule has 114 valence electrons. The van der Waals surface area contributed by atoms with E-state index in [0.717, 1.165) is 42.9 Å². The SMILES string of the molecule is CC1CCCCN1C(=O)CCc1ccc2c(c1)OCCO2. The van der Waals surface area contributed by atoms with Crippen molar-refractivity contribution in [1.82, 2.24) is 4.90 Å². The number of amides is 1. The third kappa shape index (κ3) is 3.31. The van der Waals surface area contributed by atoms with E-state index in [1.807, 2.05) is 23.1 Å². The smallest absolute Gasteiger partial charge is 0.223 e. The van der Waals surface area contributed by atoms with Crippen molar-refractivity contribution in [1.29, 1.82) is 0 Å². The number of benzene rings is 1. The highest BCUT2D eigenvalue weighted by molar-refractivity contribution is 5.77. The van der Waals surface area contributed by atoms with E-state index in [2.05, 4.69) is 6.92 Å². The predicted octanol–water partition coefficient (Wildman–Crippen LogP) is 2.79. The van der Waals surface area contributed by atoms with Crippen molar-refractivity contribution in [3.8, 4) is 11.5 Å². The van der Waals surface area contributed by atoms with Crippen LogP contribution in [0, 0.1) is 0 Å². The Hall–Kier alpha value is -1.71. The van der Waals surface area contributed by atoms with Crippen LogP contribution < -0.4 is 9.47 Å². The lowest BCUT2D eigenvalue weighted by atomic mass is 10.0. The largest absolute Gasteiger partial charge is 0.486 e. The lowest BCUT2D eigenvalue weighted by Crippen LogP contribution is -2.42.